The van der Waals surface area contributed by atoms with Gasteiger partial charge in [-0.25, -0.2) is 4.79 Å². The third kappa shape index (κ3) is 8.51. The van der Waals surface area contributed by atoms with Crippen LogP contribution >= 0.6 is 0 Å². The van der Waals surface area contributed by atoms with Crippen molar-refractivity contribution in [1.29, 1.82) is 0 Å². The molecule has 10 nitrogen and oxygen atoms in total. The predicted octanol–water partition coefficient (Wildman–Crippen LogP) is -0.624. The molecule has 0 aliphatic rings. The maximum absolute atomic E-state index is 11.6. The van der Waals surface area contributed by atoms with Gasteiger partial charge in [-0.05, 0) is 12.8 Å². The molecule has 0 aliphatic heterocycles. The Hall–Kier alpha value is -2.65. The van der Waals surface area contributed by atoms with Crippen molar-refractivity contribution in [1.82, 2.24) is 5.32 Å². The maximum atomic E-state index is 11.6. The molecule has 0 bridgehead atoms. The Labute approximate surface area is 124 Å². The minimum absolute atomic E-state index is 0.265. The van der Waals surface area contributed by atoms with Crippen LogP contribution in [0.15, 0.2) is 0 Å². The number of amides is 1. The highest BCUT2D eigenvalue weighted by Crippen LogP contribution is 2.12. The van der Waals surface area contributed by atoms with E-state index in [4.69, 9.17) is 20.4 Å². The fraction of sp³-hybridized carbons (Fsp3) is 0.583. The zero-order valence-electron chi connectivity index (χ0n) is 11.5. The first-order valence-corrected chi connectivity index (χ1v) is 6.32. The van der Waals surface area contributed by atoms with E-state index in [1.807, 2.05) is 0 Å². The summed E-state index contributed by atoms with van der Waals surface area (Å²) < 4.78 is 0. The van der Waals surface area contributed by atoms with Crippen molar-refractivity contribution in [2.24, 2.45) is 5.92 Å². The van der Waals surface area contributed by atoms with E-state index in [1.54, 1.807) is 0 Å². The molecule has 2 atom stereocenters. The van der Waals surface area contributed by atoms with Crippen LogP contribution in [0.5, 0.6) is 0 Å². The summed E-state index contributed by atoms with van der Waals surface area (Å²) in [5.74, 6) is -7.35. The molecule has 22 heavy (non-hydrogen) atoms. The number of hydrogen-bond acceptors (Lipinski definition) is 5. The zero-order valence-corrected chi connectivity index (χ0v) is 11.5. The van der Waals surface area contributed by atoms with E-state index in [2.05, 4.69) is 5.32 Å². The van der Waals surface area contributed by atoms with Crippen LogP contribution in [0, 0.1) is 5.92 Å². The Kier molecular flexibility index (Phi) is 8.19. The number of carboxylic acids is 4. The van der Waals surface area contributed by atoms with Gasteiger partial charge in [0.25, 0.3) is 0 Å². The van der Waals surface area contributed by atoms with Crippen LogP contribution in [0.1, 0.15) is 32.1 Å². The predicted molar refractivity (Wildman–Crippen MR) is 69.0 cm³/mol. The summed E-state index contributed by atoms with van der Waals surface area (Å²) in [5, 5.41) is 36.7. The van der Waals surface area contributed by atoms with Crippen LogP contribution < -0.4 is 5.32 Å². The molecule has 0 unspecified atom stereocenters. The average Bonchev–Trinajstić information content (AvgIpc) is 2.37. The molecule has 0 rings (SSSR count). The van der Waals surface area contributed by atoms with Crippen molar-refractivity contribution < 1.29 is 44.4 Å². The van der Waals surface area contributed by atoms with Crippen LogP contribution in [0.3, 0.4) is 0 Å². The van der Waals surface area contributed by atoms with Gasteiger partial charge in [0.1, 0.15) is 6.04 Å². The summed E-state index contributed by atoms with van der Waals surface area (Å²) in [4.78, 5) is 54.1. The number of carboxylic acid groups (broad SMARTS) is 4. The highest BCUT2D eigenvalue weighted by molar-refractivity contribution is 5.84. The van der Waals surface area contributed by atoms with Crippen LogP contribution in [0.4, 0.5) is 0 Å². The van der Waals surface area contributed by atoms with Crippen LogP contribution in [-0.4, -0.2) is 56.3 Å². The molecule has 0 aliphatic carbocycles. The van der Waals surface area contributed by atoms with Gasteiger partial charge in [-0.3, -0.25) is 19.2 Å². The van der Waals surface area contributed by atoms with E-state index in [0.29, 0.717) is 0 Å². The van der Waals surface area contributed by atoms with E-state index >= 15 is 0 Å². The summed E-state index contributed by atoms with van der Waals surface area (Å²) in [6.07, 6.45) is -2.05. The quantitative estimate of drug-likeness (QED) is 0.331. The van der Waals surface area contributed by atoms with Gasteiger partial charge in [-0.15, -0.1) is 0 Å². The van der Waals surface area contributed by atoms with Gasteiger partial charge in [0.05, 0.1) is 12.3 Å². The van der Waals surface area contributed by atoms with Gasteiger partial charge in [0.2, 0.25) is 5.91 Å². The molecule has 0 radical (unpaired) electrons. The molecule has 0 aromatic heterocycles. The normalized spacial score (nSPS) is 12.9. The summed E-state index contributed by atoms with van der Waals surface area (Å²) >= 11 is 0. The highest BCUT2D eigenvalue weighted by atomic mass is 16.4. The first-order chi connectivity index (χ1) is 10.1. The fourth-order valence-corrected chi connectivity index (χ4v) is 1.62. The number of aliphatic carboxylic acids is 4. The van der Waals surface area contributed by atoms with Crippen molar-refractivity contribution in [2.45, 2.75) is 38.1 Å². The van der Waals surface area contributed by atoms with Crippen molar-refractivity contribution >= 4 is 29.8 Å². The van der Waals surface area contributed by atoms with Gasteiger partial charge >= 0.3 is 23.9 Å². The minimum atomic E-state index is -1.41. The smallest absolute Gasteiger partial charge is 0.326 e. The molecule has 0 saturated heterocycles. The molecule has 0 fully saturated rings. The molecule has 124 valence electrons. The van der Waals surface area contributed by atoms with Gasteiger partial charge in [-0.1, -0.05) is 0 Å². The lowest BCUT2D eigenvalue weighted by Crippen LogP contribution is -2.41. The van der Waals surface area contributed by atoms with Crippen LogP contribution in [0.25, 0.3) is 0 Å². The summed E-state index contributed by atoms with van der Waals surface area (Å²) in [7, 11) is 0. The Balaban J connectivity index is 4.44. The lowest BCUT2D eigenvalue weighted by Gasteiger charge is -2.14. The second kappa shape index (κ2) is 9.32. The molecular formula is C12H17NO9. The topological polar surface area (TPSA) is 178 Å². The Bertz CT molecular complexity index is 460. The lowest BCUT2D eigenvalue weighted by molar-refractivity contribution is -0.149. The second-order valence-corrected chi connectivity index (χ2v) is 4.56. The van der Waals surface area contributed by atoms with E-state index in [9.17, 15) is 24.0 Å². The molecule has 0 saturated carbocycles. The monoisotopic (exact) mass is 319 g/mol. The standard InChI is InChI=1S/C12H17NO9/c14-8(3-1-6(11(19)20)5-10(17)18)13-7(12(21)22)2-4-9(15)16/h6-7H,1-5H2,(H,13,14)(H,15,16)(H,17,18)(H,19,20)(H,21,22)/t6-,7+/m0/s1. The van der Waals surface area contributed by atoms with Gasteiger partial charge < -0.3 is 25.7 Å². The molecule has 10 heteroatoms. The summed E-state index contributed by atoms with van der Waals surface area (Å²) in [6.45, 7) is 0. The Morgan fingerprint density at radius 2 is 1.36 bits per heavy atom. The van der Waals surface area contributed by atoms with Crippen LogP contribution in [-0.2, 0) is 24.0 Å². The summed E-state index contributed by atoms with van der Waals surface area (Å²) in [6, 6.07) is -1.40. The fourth-order valence-electron chi connectivity index (χ4n) is 1.62. The molecule has 0 heterocycles. The van der Waals surface area contributed by atoms with E-state index < -0.39 is 54.6 Å². The number of nitrogens with one attached hydrogen (secondary N) is 1. The van der Waals surface area contributed by atoms with E-state index in [0.717, 1.165) is 0 Å². The first kappa shape index (κ1) is 19.4. The molecular weight excluding hydrogens is 302 g/mol. The molecule has 0 aromatic carbocycles. The maximum Gasteiger partial charge on any atom is 0.326 e. The Morgan fingerprint density at radius 1 is 0.773 bits per heavy atom. The SMILES string of the molecule is O=C(O)CC[C@@H](NC(=O)CC[C@@H](CC(=O)O)C(=O)O)C(=O)O. The van der Waals surface area contributed by atoms with Crippen LogP contribution in [0.2, 0.25) is 0 Å². The average molecular weight is 319 g/mol. The minimum Gasteiger partial charge on any atom is -0.481 e. The van der Waals surface area contributed by atoms with Crippen molar-refractivity contribution in [3.63, 3.8) is 0 Å². The highest BCUT2D eigenvalue weighted by Gasteiger charge is 2.24. The van der Waals surface area contributed by atoms with Crippen molar-refractivity contribution in [3.8, 4) is 0 Å². The van der Waals surface area contributed by atoms with E-state index in [-0.39, 0.29) is 19.3 Å². The number of carbonyl (C=O) groups is 5. The zero-order chi connectivity index (χ0) is 17.3. The van der Waals surface area contributed by atoms with E-state index in [1.165, 1.54) is 0 Å². The summed E-state index contributed by atoms with van der Waals surface area (Å²) in [5.41, 5.74) is 0. The largest absolute Gasteiger partial charge is 0.481 e. The molecule has 0 aromatic rings. The van der Waals surface area contributed by atoms with Crippen molar-refractivity contribution in [3.05, 3.63) is 0 Å². The number of carbonyl (C=O) groups excluding carboxylic acids is 1. The first-order valence-electron chi connectivity index (χ1n) is 6.32. The van der Waals surface area contributed by atoms with Gasteiger partial charge in [0.15, 0.2) is 0 Å². The number of rotatable bonds is 11. The van der Waals surface area contributed by atoms with Crippen molar-refractivity contribution in [2.75, 3.05) is 0 Å². The molecule has 5 N–H and O–H groups in total. The van der Waals surface area contributed by atoms with Gasteiger partial charge in [0, 0.05) is 12.8 Å². The molecule has 1 amide bonds. The Morgan fingerprint density at radius 3 is 1.77 bits per heavy atom. The number of hydrogen-bond donors (Lipinski definition) is 5. The lowest BCUT2D eigenvalue weighted by atomic mass is 9.99. The third-order valence-electron chi connectivity index (χ3n) is 2.77. The third-order valence-corrected chi connectivity index (χ3v) is 2.77. The molecule has 0 spiro atoms. The van der Waals surface area contributed by atoms with Gasteiger partial charge in [-0.2, -0.15) is 0 Å². The second-order valence-electron chi connectivity index (χ2n) is 4.56.